The molecule has 0 aliphatic rings. The van der Waals surface area contributed by atoms with E-state index < -0.39 is 0 Å². The number of fused-ring (bicyclic) bond motifs is 1. The SMILES string of the molecule is CCOCc1ccc2c(c1)ncn2-c1cccc(-n2cccn2)c1. The van der Waals surface area contributed by atoms with Crippen molar-refractivity contribution in [1.82, 2.24) is 19.3 Å². The third-order valence-corrected chi connectivity index (χ3v) is 3.96. The van der Waals surface area contributed by atoms with E-state index >= 15 is 0 Å². The molecule has 0 bridgehead atoms. The maximum absolute atomic E-state index is 5.47. The minimum Gasteiger partial charge on any atom is -0.377 e. The first-order valence-corrected chi connectivity index (χ1v) is 7.99. The first kappa shape index (κ1) is 14.7. The van der Waals surface area contributed by atoms with E-state index in [1.807, 2.05) is 42.3 Å². The van der Waals surface area contributed by atoms with Crippen molar-refractivity contribution in [1.29, 1.82) is 0 Å². The molecule has 0 unspecified atom stereocenters. The Bertz CT molecular complexity index is 957. The molecule has 0 N–H and O–H groups in total. The van der Waals surface area contributed by atoms with Gasteiger partial charge >= 0.3 is 0 Å². The molecule has 0 saturated carbocycles. The fourth-order valence-corrected chi connectivity index (χ4v) is 2.78. The molecule has 0 spiro atoms. The molecule has 5 nitrogen and oxygen atoms in total. The maximum atomic E-state index is 5.47. The predicted molar refractivity (Wildman–Crippen MR) is 93.5 cm³/mol. The second-order valence-corrected chi connectivity index (χ2v) is 5.55. The number of benzene rings is 2. The molecule has 5 heteroatoms. The number of hydrogen-bond donors (Lipinski definition) is 0. The van der Waals surface area contributed by atoms with Gasteiger partial charge in [-0.15, -0.1) is 0 Å². The van der Waals surface area contributed by atoms with Crippen LogP contribution in [0.1, 0.15) is 12.5 Å². The van der Waals surface area contributed by atoms with Crippen molar-refractivity contribution in [3.63, 3.8) is 0 Å². The Morgan fingerprint density at radius 2 is 1.96 bits per heavy atom. The summed E-state index contributed by atoms with van der Waals surface area (Å²) in [6.45, 7) is 3.33. The van der Waals surface area contributed by atoms with E-state index in [-0.39, 0.29) is 0 Å². The molecule has 120 valence electrons. The van der Waals surface area contributed by atoms with Crippen LogP contribution in [0.2, 0.25) is 0 Å². The number of rotatable bonds is 5. The molecule has 4 rings (SSSR count). The van der Waals surface area contributed by atoms with Crippen LogP contribution in [0, 0.1) is 0 Å². The fraction of sp³-hybridized carbons (Fsp3) is 0.158. The molecular weight excluding hydrogens is 300 g/mol. The molecule has 2 aromatic heterocycles. The lowest BCUT2D eigenvalue weighted by atomic mass is 10.2. The minimum absolute atomic E-state index is 0.619. The lowest BCUT2D eigenvalue weighted by molar-refractivity contribution is 0.134. The van der Waals surface area contributed by atoms with E-state index in [0.29, 0.717) is 13.2 Å². The Morgan fingerprint density at radius 1 is 1.04 bits per heavy atom. The van der Waals surface area contributed by atoms with Crippen LogP contribution in [0.3, 0.4) is 0 Å². The van der Waals surface area contributed by atoms with Crippen LogP contribution in [-0.2, 0) is 11.3 Å². The molecule has 2 aromatic carbocycles. The molecule has 0 aliphatic carbocycles. The van der Waals surface area contributed by atoms with Gasteiger partial charge in [-0.1, -0.05) is 12.1 Å². The summed E-state index contributed by atoms with van der Waals surface area (Å²) in [7, 11) is 0. The summed E-state index contributed by atoms with van der Waals surface area (Å²) < 4.78 is 9.41. The second-order valence-electron chi connectivity index (χ2n) is 5.55. The van der Waals surface area contributed by atoms with E-state index in [1.165, 1.54) is 0 Å². The topological polar surface area (TPSA) is 44.9 Å². The number of imidazole rings is 1. The van der Waals surface area contributed by atoms with Gasteiger partial charge in [0.1, 0.15) is 6.33 Å². The zero-order chi connectivity index (χ0) is 16.4. The zero-order valence-electron chi connectivity index (χ0n) is 13.5. The van der Waals surface area contributed by atoms with E-state index in [9.17, 15) is 0 Å². The highest BCUT2D eigenvalue weighted by molar-refractivity contribution is 5.78. The molecule has 4 aromatic rings. The Morgan fingerprint density at radius 3 is 2.79 bits per heavy atom. The van der Waals surface area contributed by atoms with Crippen LogP contribution in [0.4, 0.5) is 0 Å². The van der Waals surface area contributed by atoms with Crippen molar-refractivity contribution in [2.75, 3.05) is 6.61 Å². The normalized spacial score (nSPS) is 11.2. The monoisotopic (exact) mass is 318 g/mol. The van der Waals surface area contributed by atoms with Gasteiger partial charge in [-0.2, -0.15) is 5.10 Å². The van der Waals surface area contributed by atoms with Gasteiger partial charge in [0.15, 0.2) is 0 Å². The van der Waals surface area contributed by atoms with E-state index in [0.717, 1.165) is 28.0 Å². The lowest BCUT2D eigenvalue weighted by Gasteiger charge is -2.08. The number of nitrogens with zero attached hydrogens (tertiary/aromatic N) is 4. The number of ether oxygens (including phenoxy) is 1. The minimum atomic E-state index is 0.619. The fourth-order valence-electron chi connectivity index (χ4n) is 2.78. The van der Waals surface area contributed by atoms with Gasteiger partial charge in [-0.25, -0.2) is 9.67 Å². The average Bonchev–Trinajstić information content (AvgIpc) is 3.29. The lowest BCUT2D eigenvalue weighted by Crippen LogP contribution is -1.98. The maximum Gasteiger partial charge on any atom is 0.100 e. The van der Waals surface area contributed by atoms with Crippen molar-refractivity contribution in [2.24, 2.45) is 0 Å². The molecule has 0 radical (unpaired) electrons. The van der Waals surface area contributed by atoms with Gasteiger partial charge in [0.2, 0.25) is 0 Å². The smallest absolute Gasteiger partial charge is 0.100 e. The van der Waals surface area contributed by atoms with Crippen LogP contribution >= 0.6 is 0 Å². The third-order valence-electron chi connectivity index (χ3n) is 3.96. The van der Waals surface area contributed by atoms with E-state index in [2.05, 4.69) is 45.0 Å². The van der Waals surface area contributed by atoms with E-state index in [1.54, 1.807) is 6.20 Å². The largest absolute Gasteiger partial charge is 0.377 e. The van der Waals surface area contributed by atoms with Crippen molar-refractivity contribution in [2.45, 2.75) is 13.5 Å². The van der Waals surface area contributed by atoms with Crippen LogP contribution < -0.4 is 0 Å². The van der Waals surface area contributed by atoms with Crippen molar-refractivity contribution in [3.8, 4) is 11.4 Å². The standard InChI is InChI=1S/C19H18N4O/c1-2-24-13-15-7-8-19-18(11-15)20-14-22(19)16-5-3-6-17(12-16)23-10-4-9-21-23/h3-12,14H,2,13H2,1H3. The Balaban J connectivity index is 1.73. The van der Waals surface area contributed by atoms with Gasteiger partial charge in [0.05, 0.1) is 23.3 Å². The van der Waals surface area contributed by atoms with Crippen LogP contribution in [-0.4, -0.2) is 25.9 Å². The van der Waals surface area contributed by atoms with Crippen LogP contribution in [0.25, 0.3) is 22.4 Å². The number of aromatic nitrogens is 4. The highest BCUT2D eigenvalue weighted by atomic mass is 16.5. The van der Waals surface area contributed by atoms with Gasteiger partial charge in [0.25, 0.3) is 0 Å². The van der Waals surface area contributed by atoms with Crippen LogP contribution in [0.15, 0.2) is 67.3 Å². The Labute approximate surface area is 140 Å². The summed E-state index contributed by atoms with van der Waals surface area (Å²) in [6, 6.07) is 16.4. The van der Waals surface area contributed by atoms with E-state index in [4.69, 9.17) is 4.74 Å². The average molecular weight is 318 g/mol. The summed E-state index contributed by atoms with van der Waals surface area (Å²) in [5.41, 5.74) is 5.26. The molecule has 0 amide bonds. The van der Waals surface area contributed by atoms with Gasteiger partial charge in [-0.05, 0) is 48.9 Å². The van der Waals surface area contributed by atoms with Gasteiger partial charge < -0.3 is 4.74 Å². The highest BCUT2D eigenvalue weighted by Gasteiger charge is 2.07. The van der Waals surface area contributed by atoms with Crippen molar-refractivity contribution in [3.05, 3.63) is 72.8 Å². The molecule has 0 aliphatic heterocycles. The Hall–Kier alpha value is -2.92. The summed E-state index contributed by atoms with van der Waals surface area (Å²) in [5.74, 6) is 0. The van der Waals surface area contributed by atoms with Gasteiger partial charge in [0, 0.05) is 24.7 Å². The Kier molecular flexibility index (Phi) is 3.84. The second kappa shape index (κ2) is 6.29. The summed E-state index contributed by atoms with van der Waals surface area (Å²) >= 11 is 0. The van der Waals surface area contributed by atoms with Crippen LogP contribution in [0.5, 0.6) is 0 Å². The first-order valence-electron chi connectivity index (χ1n) is 7.99. The molecular formula is C19H18N4O. The molecule has 2 heterocycles. The molecule has 0 fully saturated rings. The van der Waals surface area contributed by atoms with Crippen molar-refractivity contribution >= 4 is 11.0 Å². The zero-order valence-corrected chi connectivity index (χ0v) is 13.5. The number of hydrogen-bond acceptors (Lipinski definition) is 3. The highest BCUT2D eigenvalue weighted by Crippen LogP contribution is 2.21. The molecule has 0 saturated heterocycles. The summed E-state index contributed by atoms with van der Waals surface area (Å²) in [5, 5.41) is 4.29. The quantitative estimate of drug-likeness (QED) is 0.563. The molecule has 24 heavy (non-hydrogen) atoms. The van der Waals surface area contributed by atoms with Crippen molar-refractivity contribution < 1.29 is 4.74 Å². The van der Waals surface area contributed by atoms with Gasteiger partial charge in [-0.3, -0.25) is 4.57 Å². The predicted octanol–water partition coefficient (Wildman–Crippen LogP) is 3.75. The first-order chi connectivity index (χ1) is 11.8. The summed E-state index contributed by atoms with van der Waals surface area (Å²) in [6.07, 6.45) is 5.57. The third kappa shape index (κ3) is 2.70. The molecule has 0 atom stereocenters. The summed E-state index contributed by atoms with van der Waals surface area (Å²) in [4.78, 5) is 4.54.